The number of nitrogens with zero attached hydrogens (tertiary/aromatic N) is 2. The van der Waals surface area contributed by atoms with Crippen LogP contribution in [0.15, 0.2) is 18.5 Å². The summed E-state index contributed by atoms with van der Waals surface area (Å²) in [4.78, 5) is 37.7. The average Bonchev–Trinajstić information content (AvgIpc) is 2.26. The highest BCUT2D eigenvalue weighted by Crippen LogP contribution is 2.18. The zero-order chi connectivity index (χ0) is 13.7. The summed E-state index contributed by atoms with van der Waals surface area (Å²) in [5, 5.41) is 9.00. The first-order chi connectivity index (χ1) is 8.41. The van der Waals surface area contributed by atoms with Gasteiger partial charge in [0.25, 0.3) is 0 Å². The Bertz CT molecular complexity index is 473. The van der Waals surface area contributed by atoms with E-state index in [1.807, 2.05) is 0 Å². The number of aromatic nitrogens is 1. The fourth-order valence-electron chi connectivity index (χ4n) is 1.42. The molecule has 5 N–H and O–H groups in total. The first kappa shape index (κ1) is 13.4. The standard InChI is InChI=1S/C10H12N4O4/c11-8(15)4-14(5-9(12)16)7-3-13-2-1-6(7)10(17)18/h1-3H,4-5H2,(H2,11,15)(H2,12,16)(H,17,18). The summed E-state index contributed by atoms with van der Waals surface area (Å²) in [6.45, 7) is -0.649. The molecule has 1 aromatic heterocycles. The zero-order valence-electron chi connectivity index (χ0n) is 9.37. The highest BCUT2D eigenvalue weighted by Gasteiger charge is 2.19. The molecule has 1 heterocycles. The van der Waals surface area contributed by atoms with E-state index in [9.17, 15) is 14.4 Å². The molecule has 0 saturated heterocycles. The highest BCUT2D eigenvalue weighted by molar-refractivity contribution is 5.96. The molecular weight excluding hydrogens is 240 g/mol. The maximum Gasteiger partial charge on any atom is 0.337 e. The number of primary amides is 2. The molecule has 0 aliphatic rings. The summed E-state index contributed by atoms with van der Waals surface area (Å²) < 4.78 is 0. The molecule has 0 unspecified atom stereocenters. The van der Waals surface area contributed by atoms with E-state index in [-0.39, 0.29) is 24.3 Å². The summed E-state index contributed by atoms with van der Waals surface area (Å²) in [5.74, 6) is -2.63. The first-order valence-corrected chi connectivity index (χ1v) is 4.90. The van der Waals surface area contributed by atoms with Gasteiger partial charge in [0.15, 0.2) is 0 Å². The third-order valence-corrected chi connectivity index (χ3v) is 2.06. The average molecular weight is 252 g/mol. The van der Waals surface area contributed by atoms with Gasteiger partial charge in [-0.3, -0.25) is 14.6 Å². The molecule has 0 saturated carbocycles. The van der Waals surface area contributed by atoms with Crippen LogP contribution in [-0.2, 0) is 9.59 Å². The summed E-state index contributed by atoms with van der Waals surface area (Å²) in [6.07, 6.45) is 2.52. The van der Waals surface area contributed by atoms with Crippen LogP contribution in [0.1, 0.15) is 10.4 Å². The summed E-state index contributed by atoms with van der Waals surface area (Å²) in [6, 6.07) is 1.26. The van der Waals surface area contributed by atoms with E-state index in [0.29, 0.717) is 0 Å². The molecular formula is C10H12N4O4. The minimum Gasteiger partial charge on any atom is -0.478 e. The van der Waals surface area contributed by atoms with E-state index in [1.54, 1.807) is 0 Å². The molecule has 0 spiro atoms. The normalized spacial score (nSPS) is 9.78. The van der Waals surface area contributed by atoms with Gasteiger partial charge in [0.1, 0.15) is 0 Å². The predicted octanol–water partition coefficient (Wildman–Crippen LogP) is -1.44. The molecule has 0 aliphatic heterocycles. The van der Waals surface area contributed by atoms with Crippen molar-refractivity contribution >= 4 is 23.5 Å². The number of aromatic carboxylic acids is 1. The summed E-state index contributed by atoms with van der Waals surface area (Å²) in [5.41, 5.74) is 10.1. The van der Waals surface area contributed by atoms with Gasteiger partial charge in [-0.1, -0.05) is 0 Å². The van der Waals surface area contributed by atoms with Crippen molar-refractivity contribution < 1.29 is 19.5 Å². The van der Waals surface area contributed by atoms with Crippen LogP contribution in [0, 0.1) is 0 Å². The van der Waals surface area contributed by atoms with Gasteiger partial charge in [-0.15, -0.1) is 0 Å². The molecule has 0 atom stereocenters. The number of rotatable bonds is 6. The maximum absolute atomic E-state index is 11.0. The number of nitrogens with two attached hydrogens (primary N) is 2. The minimum atomic E-state index is -1.20. The van der Waals surface area contributed by atoms with Crippen LogP contribution in [0.2, 0.25) is 0 Å². The van der Waals surface area contributed by atoms with Crippen LogP contribution in [0.4, 0.5) is 5.69 Å². The highest BCUT2D eigenvalue weighted by atomic mass is 16.4. The number of hydrogen-bond donors (Lipinski definition) is 3. The van der Waals surface area contributed by atoms with Gasteiger partial charge in [0.05, 0.1) is 30.5 Å². The molecule has 18 heavy (non-hydrogen) atoms. The molecule has 8 heteroatoms. The number of anilines is 1. The molecule has 1 aromatic rings. The Balaban J connectivity index is 3.15. The van der Waals surface area contributed by atoms with Crippen LogP contribution >= 0.6 is 0 Å². The van der Waals surface area contributed by atoms with Crippen molar-refractivity contribution in [2.45, 2.75) is 0 Å². The number of amides is 2. The van der Waals surface area contributed by atoms with Crippen molar-refractivity contribution in [2.24, 2.45) is 11.5 Å². The number of hydrogen-bond acceptors (Lipinski definition) is 5. The molecule has 96 valence electrons. The number of carbonyl (C=O) groups excluding carboxylic acids is 2. The van der Waals surface area contributed by atoms with Crippen LogP contribution < -0.4 is 16.4 Å². The van der Waals surface area contributed by atoms with Crippen LogP contribution in [0.3, 0.4) is 0 Å². The van der Waals surface area contributed by atoms with E-state index in [0.717, 1.165) is 0 Å². The minimum absolute atomic E-state index is 0.0903. The smallest absolute Gasteiger partial charge is 0.337 e. The molecule has 0 radical (unpaired) electrons. The van der Waals surface area contributed by atoms with Crippen molar-refractivity contribution in [2.75, 3.05) is 18.0 Å². The van der Waals surface area contributed by atoms with E-state index in [4.69, 9.17) is 16.6 Å². The molecule has 1 rings (SSSR count). The molecule has 2 amide bonds. The fraction of sp³-hybridized carbons (Fsp3) is 0.200. The second kappa shape index (κ2) is 5.62. The van der Waals surface area contributed by atoms with Gasteiger partial charge in [-0.05, 0) is 6.07 Å². The number of pyridine rings is 1. The van der Waals surface area contributed by atoms with E-state index >= 15 is 0 Å². The van der Waals surface area contributed by atoms with Gasteiger partial charge < -0.3 is 21.5 Å². The Labute approximate surface area is 102 Å². The summed E-state index contributed by atoms with van der Waals surface area (Å²) in [7, 11) is 0. The first-order valence-electron chi connectivity index (χ1n) is 4.90. The second-order valence-corrected chi connectivity index (χ2v) is 3.49. The number of carboxylic acid groups (broad SMARTS) is 1. The summed E-state index contributed by atoms with van der Waals surface area (Å²) >= 11 is 0. The topological polar surface area (TPSA) is 140 Å². The Morgan fingerprint density at radius 3 is 2.22 bits per heavy atom. The van der Waals surface area contributed by atoms with Gasteiger partial charge in [-0.25, -0.2) is 4.79 Å². The molecule has 8 nitrogen and oxygen atoms in total. The van der Waals surface area contributed by atoms with Gasteiger partial charge >= 0.3 is 5.97 Å². The van der Waals surface area contributed by atoms with Crippen molar-refractivity contribution in [3.63, 3.8) is 0 Å². The molecule has 0 aromatic carbocycles. The lowest BCUT2D eigenvalue weighted by Crippen LogP contribution is -2.40. The van der Waals surface area contributed by atoms with Gasteiger partial charge in [0, 0.05) is 6.20 Å². The maximum atomic E-state index is 11.0. The lowest BCUT2D eigenvalue weighted by Gasteiger charge is -2.22. The van der Waals surface area contributed by atoms with Crippen molar-refractivity contribution in [3.05, 3.63) is 24.0 Å². The second-order valence-electron chi connectivity index (χ2n) is 3.49. The third-order valence-electron chi connectivity index (χ3n) is 2.06. The van der Waals surface area contributed by atoms with Crippen LogP contribution in [0.25, 0.3) is 0 Å². The monoisotopic (exact) mass is 252 g/mol. The van der Waals surface area contributed by atoms with E-state index in [1.165, 1.54) is 23.4 Å². The molecule has 0 bridgehead atoms. The van der Waals surface area contributed by atoms with Crippen LogP contribution in [-0.4, -0.2) is 41.0 Å². The van der Waals surface area contributed by atoms with E-state index < -0.39 is 17.8 Å². The van der Waals surface area contributed by atoms with E-state index in [2.05, 4.69) is 4.98 Å². The number of carbonyl (C=O) groups is 3. The SMILES string of the molecule is NC(=O)CN(CC(N)=O)c1cnccc1C(=O)O. The lowest BCUT2D eigenvalue weighted by molar-refractivity contribution is -0.117. The molecule has 0 fully saturated rings. The lowest BCUT2D eigenvalue weighted by atomic mass is 10.2. The fourth-order valence-corrected chi connectivity index (χ4v) is 1.42. The molecule has 0 aliphatic carbocycles. The number of carboxylic acids is 1. The van der Waals surface area contributed by atoms with Crippen molar-refractivity contribution in [1.82, 2.24) is 4.98 Å². The predicted molar refractivity (Wildman–Crippen MR) is 61.8 cm³/mol. The van der Waals surface area contributed by atoms with Crippen molar-refractivity contribution in [1.29, 1.82) is 0 Å². The Morgan fingerprint density at radius 1 is 1.22 bits per heavy atom. The quantitative estimate of drug-likeness (QED) is 0.566. The van der Waals surface area contributed by atoms with Crippen LogP contribution in [0.5, 0.6) is 0 Å². The van der Waals surface area contributed by atoms with Gasteiger partial charge in [-0.2, -0.15) is 0 Å². The van der Waals surface area contributed by atoms with Crippen molar-refractivity contribution in [3.8, 4) is 0 Å². The zero-order valence-corrected chi connectivity index (χ0v) is 9.37. The largest absolute Gasteiger partial charge is 0.478 e. The Morgan fingerprint density at radius 2 is 1.78 bits per heavy atom. The Kier molecular flexibility index (Phi) is 4.19. The Hall–Kier alpha value is -2.64. The van der Waals surface area contributed by atoms with Gasteiger partial charge in [0.2, 0.25) is 11.8 Å². The third kappa shape index (κ3) is 3.44.